The number of carboxylic acid groups (broad SMARTS) is 1. The van der Waals surface area contributed by atoms with Crippen molar-refractivity contribution in [3.63, 3.8) is 0 Å². The third-order valence-corrected chi connectivity index (χ3v) is 3.28. The third-order valence-electron chi connectivity index (χ3n) is 3.28. The second kappa shape index (κ2) is 5.87. The van der Waals surface area contributed by atoms with Gasteiger partial charge in [0.15, 0.2) is 0 Å². The van der Waals surface area contributed by atoms with E-state index in [0.717, 1.165) is 30.8 Å². The Morgan fingerprint density at radius 1 is 1.56 bits per heavy atom. The Bertz CT molecular complexity index is 431. The molecule has 1 aliphatic rings. The van der Waals surface area contributed by atoms with Gasteiger partial charge in [-0.05, 0) is 37.1 Å². The summed E-state index contributed by atoms with van der Waals surface area (Å²) in [5, 5.41) is 12.0. The summed E-state index contributed by atoms with van der Waals surface area (Å²) in [6, 6.07) is 6.04. The highest BCUT2D eigenvalue weighted by Crippen LogP contribution is 2.29. The third kappa shape index (κ3) is 3.01. The van der Waals surface area contributed by atoms with Crippen molar-refractivity contribution in [3.8, 4) is 5.75 Å². The molecule has 1 heterocycles. The van der Waals surface area contributed by atoms with E-state index in [9.17, 15) is 4.79 Å². The predicted molar refractivity (Wildman–Crippen MR) is 69.2 cm³/mol. The Balaban J connectivity index is 2.21. The lowest BCUT2D eigenvalue weighted by Gasteiger charge is -2.21. The van der Waals surface area contributed by atoms with E-state index in [4.69, 9.17) is 9.84 Å². The molecule has 1 aliphatic heterocycles. The standard InChI is InChI=1S/C14H19NO3/c1-15-9-12(8-14(16)17)10-4-5-13-11(7-10)3-2-6-18-13/h4-5,7,12,15H,2-3,6,8-9H2,1H3,(H,16,17). The van der Waals surface area contributed by atoms with Crippen LogP contribution in [0.3, 0.4) is 0 Å². The molecule has 0 bridgehead atoms. The molecule has 0 aliphatic carbocycles. The van der Waals surface area contributed by atoms with E-state index < -0.39 is 5.97 Å². The molecule has 0 saturated carbocycles. The summed E-state index contributed by atoms with van der Waals surface area (Å²) < 4.78 is 5.57. The molecular weight excluding hydrogens is 230 g/mol. The minimum Gasteiger partial charge on any atom is -0.493 e. The summed E-state index contributed by atoms with van der Waals surface area (Å²) in [7, 11) is 1.84. The monoisotopic (exact) mass is 249 g/mol. The predicted octanol–water partition coefficient (Wildman–Crippen LogP) is 1.79. The van der Waals surface area contributed by atoms with Crippen molar-refractivity contribution in [2.24, 2.45) is 0 Å². The summed E-state index contributed by atoms with van der Waals surface area (Å²) in [5.74, 6) is 0.201. The Hall–Kier alpha value is -1.55. The number of hydrogen-bond donors (Lipinski definition) is 2. The van der Waals surface area contributed by atoms with Gasteiger partial charge in [0.1, 0.15) is 5.75 Å². The zero-order valence-electron chi connectivity index (χ0n) is 10.6. The number of nitrogens with one attached hydrogen (secondary N) is 1. The number of carboxylic acids is 1. The quantitative estimate of drug-likeness (QED) is 0.835. The number of aryl methyl sites for hydroxylation is 1. The molecule has 1 aromatic carbocycles. The average molecular weight is 249 g/mol. The maximum atomic E-state index is 10.9. The topological polar surface area (TPSA) is 58.6 Å². The van der Waals surface area contributed by atoms with Crippen molar-refractivity contribution >= 4 is 5.97 Å². The lowest BCUT2D eigenvalue weighted by atomic mass is 9.92. The van der Waals surface area contributed by atoms with E-state index >= 15 is 0 Å². The summed E-state index contributed by atoms with van der Waals surface area (Å²) in [5.41, 5.74) is 2.28. The lowest BCUT2D eigenvalue weighted by molar-refractivity contribution is -0.137. The van der Waals surface area contributed by atoms with Gasteiger partial charge < -0.3 is 15.2 Å². The van der Waals surface area contributed by atoms with E-state index in [0.29, 0.717) is 6.54 Å². The first-order valence-electron chi connectivity index (χ1n) is 6.32. The molecule has 0 saturated heterocycles. The first-order valence-corrected chi connectivity index (χ1v) is 6.32. The van der Waals surface area contributed by atoms with Crippen LogP contribution in [-0.4, -0.2) is 31.3 Å². The zero-order chi connectivity index (χ0) is 13.0. The molecule has 1 atom stereocenters. The Morgan fingerprint density at radius 2 is 2.39 bits per heavy atom. The average Bonchev–Trinajstić information content (AvgIpc) is 2.37. The molecule has 0 spiro atoms. The zero-order valence-corrected chi connectivity index (χ0v) is 10.6. The molecule has 2 N–H and O–H groups in total. The summed E-state index contributed by atoms with van der Waals surface area (Å²) in [6.07, 6.45) is 2.20. The molecule has 2 rings (SSSR count). The Labute approximate surface area is 107 Å². The van der Waals surface area contributed by atoms with Crippen molar-refractivity contribution < 1.29 is 14.6 Å². The molecule has 4 heteroatoms. The number of hydrogen-bond acceptors (Lipinski definition) is 3. The van der Waals surface area contributed by atoms with Crippen molar-refractivity contribution in [2.45, 2.75) is 25.2 Å². The number of ether oxygens (including phenoxy) is 1. The molecular formula is C14H19NO3. The van der Waals surface area contributed by atoms with Crippen molar-refractivity contribution in [2.75, 3.05) is 20.2 Å². The number of carbonyl (C=O) groups is 1. The van der Waals surface area contributed by atoms with Crippen LogP contribution in [0.15, 0.2) is 18.2 Å². The molecule has 18 heavy (non-hydrogen) atoms. The fraction of sp³-hybridized carbons (Fsp3) is 0.500. The Kier molecular flexibility index (Phi) is 4.20. The first kappa shape index (κ1) is 12.9. The summed E-state index contributed by atoms with van der Waals surface area (Å²) in [6.45, 7) is 1.45. The molecule has 0 radical (unpaired) electrons. The van der Waals surface area contributed by atoms with Crippen LogP contribution in [-0.2, 0) is 11.2 Å². The summed E-state index contributed by atoms with van der Waals surface area (Å²) >= 11 is 0. The van der Waals surface area contributed by atoms with Gasteiger partial charge in [-0.1, -0.05) is 12.1 Å². The minimum atomic E-state index is -0.760. The van der Waals surface area contributed by atoms with Crippen LogP contribution in [0.5, 0.6) is 5.75 Å². The number of rotatable bonds is 5. The van der Waals surface area contributed by atoms with Crippen LogP contribution >= 0.6 is 0 Å². The molecule has 4 nitrogen and oxygen atoms in total. The lowest BCUT2D eigenvalue weighted by Crippen LogP contribution is -2.20. The van der Waals surface area contributed by atoms with Crippen molar-refractivity contribution in [3.05, 3.63) is 29.3 Å². The van der Waals surface area contributed by atoms with Gasteiger partial charge in [0.2, 0.25) is 0 Å². The fourth-order valence-electron chi connectivity index (χ4n) is 2.40. The number of aliphatic carboxylic acids is 1. The van der Waals surface area contributed by atoms with Crippen LogP contribution in [0.2, 0.25) is 0 Å². The van der Waals surface area contributed by atoms with Gasteiger partial charge in [-0.2, -0.15) is 0 Å². The smallest absolute Gasteiger partial charge is 0.304 e. The van der Waals surface area contributed by atoms with E-state index in [1.54, 1.807) is 0 Å². The highest BCUT2D eigenvalue weighted by atomic mass is 16.5. The van der Waals surface area contributed by atoms with Crippen LogP contribution in [0.4, 0.5) is 0 Å². The highest BCUT2D eigenvalue weighted by Gasteiger charge is 2.18. The molecule has 0 amide bonds. The molecule has 1 aromatic rings. The Morgan fingerprint density at radius 3 is 3.11 bits per heavy atom. The fourth-order valence-corrected chi connectivity index (χ4v) is 2.40. The molecule has 0 fully saturated rings. The SMILES string of the molecule is CNCC(CC(=O)O)c1ccc2c(c1)CCCO2. The molecule has 98 valence electrons. The van der Waals surface area contributed by atoms with E-state index in [1.165, 1.54) is 5.56 Å². The minimum absolute atomic E-state index is 0.0136. The molecule has 1 unspecified atom stereocenters. The van der Waals surface area contributed by atoms with E-state index in [1.807, 2.05) is 19.2 Å². The highest BCUT2D eigenvalue weighted by molar-refractivity contribution is 5.68. The second-order valence-electron chi connectivity index (χ2n) is 4.67. The maximum absolute atomic E-state index is 10.9. The van der Waals surface area contributed by atoms with Gasteiger partial charge in [0.05, 0.1) is 13.0 Å². The van der Waals surface area contributed by atoms with E-state index in [2.05, 4.69) is 11.4 Å². The van der Waals surface area contributed by atoms with Crippen LogP contribution < -0.4 is 10.1 Å². The van der Waals surface area contributed by atoms with Gasteiger partial charge in [-0.25, -0.2) is 0 Å². The van der Waals surface area contributed by atoms with Crippen molar-refractivity contribution in [1.82, 2.24) is 5.32 Å². The number of likely N-dealkylation sites (N-methyl/N-ethyl adjacent to an activating group) is 1. The van der Waals surface area contributed by atoms with Crippen LogP contribution in [0.1, 0.15) is 29.9 Å². The summed E-state index contributed by atoms with van der Waals surface area (Å²) in [4.78, 5) is 10.9. The van der Waals surface area contributed by atoms with E-state index in [-0.39, 0.29) is 12.3 Å². The first-order chi connectivity index (χ1) is 8.70. The molecule has 0 aromatic heterocycles. The number of benzene rings is 1. The van der Waals surface area contributed by atoms with Crippen molar-refractivity contribution in [1.29, 1.82) is 0 Å². The largest absolute Gasteiger partial charge is 0.493 e. The normalized spacial score (nSPS) is 15.6. The van der Waals surface area contributed by atoms with Crippen LogP contribution in [0, 0.1) is 0 Å². The number of fused-ring (bicyclic) bond motifs is 1. The second-order valence-corrected chi connectivity index (χ2v) is 4.67. The van der Waals surface area contributed by atoms with Gasteiger partial charge in [0.25, 0.3) is 0 Å². The van der Waals surface area contributed by atoms with Gasteiger partial charge in [-0.3, -0.25) is 4.79 Å². The van der Waals surface area contributed by atoms with Crippen LogP contribution in [0.25, 0.3) is 0 Å². The van der Waals surface area contributed by atoms with Gasteiger partial charge >= 0.3 is 5.97 Å². The maximum Gasteiger partial charge on any atom is 0.304 e. The van der Waals surface area contributed by atoms with Gasteiger partial charge in [0, 0.05) is 12.5 Å². The van der Waals surface area contributed by atoms with Gasteiger partial charge in [-0.15, -0.1) is 0 Å².